The molecule has 0 unspecified atom stereocenters. The monoisotopic (exact) mass is 355 g/mol. The molecule has 0 aliphatic rings. The second-order valence-electron chi connectivity index (χ2n) is 4.41. The lowest BCUT2D eigenvalue weighted by molar-refractivity contribution is 0.371. The summed E-state index contributed by atoms with van der Waals surface area (Å²) in [6, 6.07) is 9.27. The van der Waals surface area contributed by atoms with Crippen LogP contribution in [0.2, 0.25) is 5.02 Å². The average Bonchev–Trinajstić information content (AvgIpc) is 2.43. The number of phenols is 1. The van der Waals surface area contributed by atoms with Gasteiger partial charge in [-0.05, 0) is 40.5 Å². The summed E-state index contributed by atoms with van der Waals surface area (Å²) in [5.74, 6) is 0.478. The van der Waals surface area contributed by atoms with E-state index in [-0.39, 0.29) is 5.75 Å². The number of phenolic OH excluding ortho intramolecular Hbond substituents is 1. The molecule has 0 aliphatic carbocycles. The smallest absolute Gasteiger partial charge is 0.162 e. The molecule has 2 aromatic rings. The van der Waals surface area contributed by atoms with Gasteiger partial charge < -0.3 is 15.2 Å². The zero-order valence-corrected chi connectivity index (χ0v) is 13.5. The van der Waals surface area contributed by atoms with E-state index in [1.165, 1.54) is 7.11 Å². The maximum atomic E-state index is 10.1. The van der Waals surface area contributed by atoms with Crippen LogP contribution in [-0.4, -0.2) is 12.2 Å². The molecule has 20 heavy (non-hydrogen) atoms. The van der Waals surface area contributed by atoms with Crippen molar-refractivity contribution in [3.8, 4) is 11.5 Å². The zero-order valence-electron chi connectivity index (χ0n) is 11.2. The Morgan fingerprint density at radius 1 is 1.35 bits per heavy atom. The third kappa shape index (κ3) is 3.19. The van der Waals surface area contributed by atoms with Gasteiger partial charge in [0.2, 0.25) is 0 Å². The largest absolute Gasteiger partial charge is 0.504 e. The Kier molecular flexibility index (Phi) is 4.78. The zero-order chi connectivity index (χ0) is 14.7. The van der Waals surface area contributed by atoms with Crippen molar-refractivity contribution >= 4 is 33.2 Å². The Labute approximate surface area is 131 Å². The molecule has 0 heterocycles. The van der Waals surface area contributed by atoms with Crippen molar-refractivity contribution in [1.29, 1.82) is 0 Å². The molecular weight excluding hydrogens is 342 g/mol. The molecule has 5 heteroatoms. The Balaban J connectivity index is 2.23. The highest BCUT2D eigenvalue weighted by Gasteiger charge is 2.10. The number of aromatic hydroxyl groups is 1. The molecule has 0 amide bonds. The van der Waals surface area contributed by atoms with Gasteiger partial charge >= 0.3 is 0 Å². The van der Waals surface area contributed by atoms with Crippen LogP contribution >= 0.6 is 27.5 Å². The van der Waals surface area contributed by atoms with E-state index in [2.05, 4.69) is 21.2 Å². The summed E-state index contributed by atoms with van der Waals surface area (Å²) in [5.41, 5.74) is 2.79. The van der Waals surface area contributed by atoms with Crippen molar-refractivity contribution in [2.75, 3.05) is 12.4 Å². The first-order valence-corrected chi connectivity index (χ1v) is 7.24. The highest BCUT2D eigenvalue weighted by Crippen LogP contribution is 2.34. The van der Waals surface area contributed by atoms with E-state index in [4.69, 9.17) is 16.3 Å². The summed E-state index contributed by atoms with van der Waals surface area (Å²) in [7, 11) is 1.50. The third-order valence-electron chi connectivity index (χ3n) is 3.00. The first-order valence-electron chi connectivity index (χ1n) is 6.07. The average molecular weight is 357 g/mol. The minimum absolute atomic E-state index is 0.105. The number of halogens is 2. The van der Waals surface area contributed by atoms with Crippen LogP contribution in [0.15, 0.2) is 34.8 Å². The lowest BCUT2D eigenvalue weighted by Crippen LogP contribution is -2.02. The summed E-state index contributed by atoms with van der Waals surface area (Å²) >= 11 is 9.55. The van der Waals surface area contributed by atoms with Crippen molar-refractivity contribution in [3.63, 3.8) is 0 Å². The maximum absolute atomic E-state index is 10.1. The lowest BCUT2D eigenvalue weighted by Gasteiger charge is -2.13. The molecule has 106 valence electrons. The summed E-state index contributed by atoms with van der Waals surface area (Å²) in [4.78, 5) is 0. The van der Waals surface area contributed by atoms with Gasteiger partial charge in [-0.1, -0.05) is 23.7 Å². The highest BCUT2D eigenvalue weighted by molar-refractivity contribution is 9.10. The van der Waals surface area contributed by atoms with Gasteiger partial charge in [-0.25, -0.2) is 0 Å². The predicted molar refractivity (Wildman–Crippen MR) is 85.9 cm³/mol. The quantitative estimate of drug-likeness (QED) is 0.831. The fourth-order valence-corrected chi connectivity index (χ4v) is 2.53. The van der Waals surface area contributed by atoms with Gasteiger partial charge in [0.05, 0.1) is 7.11 Å². The fraction of sp³-hybridized carbons (Fsp3) is 0.200. The molecular formula is C15H15BrClNO2. The van der Waals surface area contributed by atoms with Crippen LogP contribution < -0.4 is 10.1 Å². The number of ether oxygens (including phenoxy) is 1. The molecule has 0 spiro atoms. The molecule has 0 atom stereocenters. The van der Waals surface area contributed by atoms with E-state index >= 15 is 0 Å². The van der Waals surface area contributed by atoms with Gasteiger partial charge in [-0.15, -0.1) is 0 Å². The Morgan fingerprint density at radius 3 is 2.80 bits per heavy atom. The second-order valence-corrected chi connectivity index (χ2v) is 5.64. The molecule has 2 aromatic carbocycles. The molecule has 0 aliphatic heterocycles. The standard InChI is InChI=1S/C15H15BrClNO2/c1-9-4-3-5-12(14(9)16)18-8-10-6-11(17)7-13(20-2)15(10)19/h3-7,18-19H,8H2,1-2H3. The van der Waals surface area contributed by atoms with Gasteiger partial charge in [0.15, 0.2) is 11.5 Å². The lowest BCUT2D eigenvalue weighted by atomic mass is 10.1. The van der Waals surface area contributed by atoms with E-state index in [1.54, 1.807) is 12.1 Å². The minimum atomic E-state index is 0.105. The van der Waals surface area contributed by atoms with Gasteiger partial charge in [-0.2, -0.15) is 0 Å². The topological polar surface area (TPSA) is 41.5 Å². The summed E-state index contributed by atoms with van der Waals surface area (Å²) < 4.78 is 6.10. The number of benzene rings is 2. The van der Waals surface area contributed by atoms with Crippen LogP contribution in [0.25, 0.3) is 0 Å². The number of aryl methyl sites for hydroxylation is 1. The SMILES string of the molecule is COc1cc(Cl)cc(CNc2cccc(C)c2Br)c1O. The van der Waals surface area contributed by atoms with Crippen LogP contribution in [0.3, 0.4) is 0 Å². The first kappa shape index (κ1) is 15.0. The molecule has 0 saturated carbocycles. The normalized spacial score (nSPS) is 10.4. The van der Waals surface area contributed by atoms with Gasteiger partial charge in [0.25, 0.3) is 0 Å². The van der Waals surface area contributed by atoms with Crippen LogP contribution in [0, 0.1) is 6.92 Å². The predicted octanol–water partition coefficient (Wildman–Crippen LogP) is 4.74. The molecule has 0 saturated heterocycles. The maximum Gasteiger partial charge on any atom is 0.162 e. The van der Waals surface area contributed by atoms with E-state index in [0.717, 1.165) is 15.7 Å². The number of methoxy groups -OCH3 is 1. The number of rotatable bonds is 4. The van der Waals surface area contributed by atoms with Crippen molar-refractivity contribution in [3.05, 3.63) is 51.0 Å². The van der Waals surface area contributed by atoms with E-state index < -0.39 is 0 Å². The van der Waals surface area contributed by atoms with Crippen molar-refractivity contribution in [1.82, 2.24) is 0 Å². The van der Waals surface area contributed by atoms with E-state index in [1.807, 2.05) is 25.1 Å². The molecule has 3 nitrogen and oxygen atoms in total. The molecule has 2 N–H and O–H groups in total. The van der Waals surface area contributed by atoms with Crippen LogP contribution in [0.4, 0.5) is 5.69 Å². The van der Waals surface area contributed by atoms with E-state index in [0.29, 0.717) is 22.9 Å². The molecule has 0 aromatic heterocycles. The fourth-order valence-electron chi connectivity index (χ4n) is 1.89. The van der Waals surface area contributed by atoms with Crippen molar-refractivity contribution in [2.45, 2.75) is 13.5 Å². The molecule has 0 bridgehead atoms. The number of anilines is 1. The van der Waals surface area contributed by atoms with Gasteiger partial charge in [0, 0.05) is 33.4 Å². The van der Waals surface area contributed by atoms with Gasteiger partial charge in [0.1, 0.15) is 0 Å². The molecule has 0 fully saturated rings. The van der Waals surface area contributed by atoms with Crippen LogP contribution in [0.1, 0.15) is 11.1 Å². The number of hydrogen-bond acceptors (Lipinski definition) is 3. The Morgan fingerprint density at radius 2 is 2.10 bits per heavy atom. The number of hydrogen-bond donors (Lipinski definition) is 2. The summed E-state index contributed by atoms with van der Waals surface area (Å²) in [6.07, 6.45) is 0. The second kappa shape index (κ2) is 6.37. The molecule has 2 rings (SSSR count). The highest BCUT2D eigenvalue weighted by atomic mass is 79.9. The van der Waals surface area contributed by atoms with Crippen LogP contribution in [0.5, 0.6) is 11.5 Å². The minimum Gasteiger partial charge on any atom is -0.504 e. The van der Waals surface area contributed by atoms with E-state index in [9.17, 15) is 5.11 Å². The Hall–Kier alpha value is -1.39. The van der Waals surface area contributed by atoms with Gasteiger partial charge in [-0.3, -0.25) is 0 Å². The summed E-state index contributed by atoms with van der Waals surface area (Å²) in [5, 5.41) is 13.9. The van der Waals surface area contributed by atoms with Crippen LogP contribution in [-0.2, 0) is 6.54 Å². The Bertz CT molecular complexity index is 632. The third-order valence-corrected chi connectivity index (χ3v) is 4.27. The first-order chi connectivity index (χ1) is 9.52. The number of nitrogens with one attached hydrogen (secondary N) is 1. The molecule has 0 radical (unpaired) electrons. The van der Waals surface area contributed by atoms with Crippen molar-refractivity contribution in [2.24, 2.45) is 0 Å². The van der Waals surface area contributed by atoms with Crippen molar-refractivity contribution < 1.29 is 9.84 Å². The summed E-state index contributed by atoms with van der Waals surface area (Å²) in [6.45, 7) is 2.47.